The van der Waals surface area contributed by atoms with E-state index < -0.39 is 23.7 Å². The molecule has 0 unspecified atom stereocenters. The van der Waals surface area contributed by atoms with Crippen molar-refractivity contribution in [1.29, 1.82) is 0 Å². The molecule has 2 aromatic rings. The van der Waals surface area contributed by atoms with Gasteiger partial charge >= 0.3 is 0 Å². The van der Waals surface area contributed by atoms with Crippen molar-refractivity contribution in [3.63, 3.8) is 0 Å². The van der Waals surface area contributed by atoms with Crippen LogP contribution in [-0.4, -0.2) is 17.9 Å². The smallest absolute Gasteiger partial charge is 0.279 e. The summed E-state index contributed by atoms with van der Waals surface area (Å²) >= 11 is 11.6. The minimum absolute atomic E-state index is 0.226. The van der Waals surface area contributed by atoms with Gasteiger partial charge in [-0.1, -0.05) is 23.2 Å². The van der Waals surface area contributed by atoms with Crippen LogP contribution in [-0.2, 0) is 4.79 Å². The van der Waals surface area contributed by atoms with Crippen LogP contribution in [0.3, 0.4) is 0 Å². The minimum Gasteiger partial charge on any atom is -0.481 e. The van der Waals surface area contributed by atoms with Crippen molar-refractivity contribution < 1.29 is 18.7 Å². The number of benzene rings is 2. The minimum atomic E-state index is -0.899. The van der Waals surface area contributed by atoms with E-state index >= 15 is 0 Å². The molecule has 0 spiro atoms. The second-order valence-corrected chi connectivity index (χ2v) is 5.60. The molecule has 126 valence electrons. The number of nitrogens with one attached hydrogen (secondary N) is 2. The number of carbonyl (C=O) groups is 2. The van der Waals surface area contributed by atoms with E-state index in [1.165, 1.54) is 49.4 Å². The normalized spacial score (nSPS) is 11.5. The second-order valence-electron chi connectivity index (χ2n) is 4.79. The lowest BCUT2D eigenvalue weighted by Gasteiger charge is -2.15. The Bertz CT molecular complexity index is 753. The van der Waals surface area contributed by atoms with Gasteiger partial charge in [-0.2, -0.15) is 0 Å². The molecule has 0 fully saturated rings. The molecule has 24 heavy (non-hydrogen) atoms. The summed E-state index contributed by atoms with van der Waals surface area (Å²) in [5.74, 6) is -1.22. The second kappa shape index (κ2) is 7.99. The molecule has 0 saturated heterocycles. The Morgan fingerprint density at radius 3 is 2.33 bits per heavy atom. The van der Waals surface area contributed by atoms with Gasteiger partial charge in [0, 0.05) is 5.56 Å². The molecule has 2 amide bonds. The maximum absolute atomic E-state index is 12.8. The van der Waals surface area contributed by atoms with Gasteiger partial charge in [0.05, 0.1) is 10.0 Å². The summed E-state index contributed by atoms with van der Waals surface area (Å²) in [5.41, 5.74) is 4.71. The quantitative estimate of drug-likeness (QED) is 0.810. The number of halogens is 3. The fraction of sp³-hybridized carbons (Fsp3) is 0.125. The molecule has 0 aliphatic carbocycles. The summed E-state index contributed by atoms with van der Waals surface area (Å²) in [5, 5.41) is 0.544. The fourth-order valence-corrected chi connectivity index (χ4v) is 2.00. The van der Waals surface area contributed by atoms with E-state index in [0.29, 0.717) is 10.8 Å². The Morgan fingerprint density at radius 1 is 1.04 bits per heavy atom. The first-order valence-electron chi connectivity index (χ1n) is 6.84. The Hall–Kier alpha value is -2.31. The summed E-state index contributed by atoms with van der Waals surface area (Å²) in [6.45, 7) is 1.49. The van der Waals surface area contributed by atoms with E-state index in [-0.39, 0.29) is 10.6 Å². The molecule has 2 aromatic carbocycles. The molecule has 0 heterocycles. The van der Waals surface area contributed by atoms with Crippen LogP contribution in [0.15, 0.2) is 42.5 Å². The van der Waals surface area contributed by atoms with Crippen LogP contribution in [0.2, 0.25) is 10.0 Å². The van der Waals surface area contributed by atoms with Crippen LogP contribution in [0.4, 0.5) is 4.39 Å². The highest BCUT2D eigenvalue weighted by Gasteiger charge is 2.16. The summed E-state index contributed by atoms with van der Waals surface area (Å²) in [7, 11) is 0. The molecular formula is C16H13Cl2FN2O3. The predicted octanol–water partition coefficient (Wildman–Crippen LogP) is 3.36. The van der Waals surface area contributed by atoms with Gasteiger partial charge in [0.25, 0.3) is 11.8 Å². The zero-order chi connectivity index (χ0) is 17.7. The molecule has 0 bridgehead atoms. The first-order chi connectivity index (χ1) is 11.4. The van der Waals surface area contributed by atoms with Gasteiger partial charge in [-0.3, -0.25) is 20.4 Å². The largest absolute Gasteiger partial charge is 0.481 e. The molecule has 2 rings (SSSR count). The van der Waals surface area contributed by atoms with Gasteiger partial charge < -0.3 is 4.74 Å². The Labute approximate surface area is 147 Å². The Balaban J connectivity index is 1.88. The molecule has 0 aliphatic rings. The summed E-state index contributed by atoms with van der Waals surface area (Å²) in [6.07, 6.45) is -0.899. The van der Waals surface area contributed by atoms with Crippen molar-refractivity contribution in [3.05, 3.63) is 63.9 Å². The maximum atomic E-state index is 12.8. The van der Waals surface area contributed by atoms with E-state index in [0.717, 1.165) is 0 Å². The number of rotatable bonds is 4. The zero-order valence-corrected chi connectivity index (χ0v) is 14.0. The molecule has 0 radical (unpaired) electrons. The molecule has 5 nitrogen and oxygen atoms in total. The average molecular weight is 371 g/mol. The highest BCUT2D eigenvalue weighted by atomic mass is 35.5. The number of carbonyl (C=O) groups excluding carboxylic acids is 2. The average Bonchev–Trinajstić information content (AvgIpc) is 2.56. The zero-order valence-electron chi connectivity index (χ0n) is 12.5. The highest BCUT2D eigenvalue weighted by Crippen LogP contribution is 2.22. The third-order valence-electron chi connectivity index (χ3n) is 2.98. The van der Waals surface area contributed by atoms with Crippen molar-refractivity contribution in [2.45, 2.75) is 13.0 Å². The number of ether oxygens (including phenoxy) is 1. The monoisotopic (exact) mass is 370 g/mol. The lowest BCUT2D eigenvalue weighted by atomic mass is 10.2. The Morgan fingerprint density at radius 2 is 1.71 bits per heavy atom. The van der Waals surface area contributed by atoms with Gasteiger partial charge in [-0.15, -0.1) is 0 Å². The van der Waals surface area contributed by atoms with Crippen LogP contribution in [0.25, 0.3) is 0 Å². The number of hydrazine groups is 1. The van der Waals surface area contributed by atoms with Gasteiger partial charge in [0.2, 0.25) is 0 Å². The van der Waals surface area contributed by atoms with Gasteiger partial charge in [-0.05, 0) is 49.4 Å². The highest BCUT2D eigenvalue weighted by molar-refractivity contribution is 6.42. The molecule has 1 atom stereocenters. The molecule has 2 N–H and O–H groups in total. The molecule has 0 aromatic heterocycles. The van der Waals surface area contributed by atoms with Crippen molar-refractivity contribution in [3.8, 4) is 5.75 Å². The molecule has 0 aliphatic heterocycles. The summed E-state index contributed by atoms with van der Waals surface area (Å²) in [4.78, 5) is 23.8. The number of hydrogen-bond acceptors (Lipinski definition) is 3. The van der Waals surface area contributed by atoms with Crippen LogP contribution in [0.1, 0.15) is 17.3 Å². The standard InChI is InChI=1S/C16H13Cl2FN2O3/c1-9(24-12-5-3-11(19)4-6-12)15(22)20-21-16(23)10-2-7-13(17)14(18)8-10/h2-9H,1H3,(H,20,22)(H,21,23)/t9-/m1/s1. The molecular weight excluding hydrogens is 358 g/mol. The number of amides is 2. The van der Waals surface area contributed by atoms with Crippen molar-refractivity contribution in [2.75, 3.05) is 0 Å². The topological polar surface area (TPSA) is 67.4 Å². The Kier molecular flexibility index (Phi) is 6.00. The van der Waals surface area contributed by atoms with E-state index in [1.807, 2.05) is 0 Å². The van der Waals surface area contributed by atoms with E-state index in [2.05, 4.69) is 10.9 Å². The van der Waals surface area contributed by atoms with Crippen LogP contribution in [0.5, 0.6) is 5.75 Å². The van der Waals surface area contributed by atoms with Crippen molar-refractivity contribution in [2.24, 2.45) is 0 Å². The van der Waals surface area contributed by atoms with Crippen LogP contribution in [0, 0.1) is 5.82 Å². The van der Waals surface area contributed by atoms with Gasteiger partial charge in [0.1, 0.15) is 11.6 Å². The van der Waals surface area contributed by atoms with E-state index in [1.54, 1.807) is 0 Å². The van der Waals surface area contributed by atoms with Crippen LogP contribution >= 0.6 is 23.2 Å². The maximum Gasteiger partial charge on any atom is 0.279 e. The lowest BCUT2D eigenvalue weighted by Crippen LogP contribution is -2.47. The first kappa shape index (κ1) is 18.0. The SMILES string of the molecule is C[C@@H](Oc1ccc(F)cc1)C(=O)NNC(=O)c1ccc(Cl)c(Cl)c1. The van der Waals surface area contributed by atoms with E-state index in [9.17, 15) is 14.0 Å². The van der Waals surface area contributed by atoms with E-state index in [4.69, 9.17) is 27.9 Å². The number of hydrogen-bond donors (Lipinski definition) is 2. The molecule has 0 saturated carbocycles. The third kappa shape index (κ3) is 4.84. The summed E-state index contributed by atoms with van der Waals surface area (Å²) < 4.78 is 18.1. The molecule has 8 heteroatoms. The van der Waals surface area contributed by atoms with Gasteiger partial charge in [0.15, 0.2) is 6.10 Å². The lowest BCUT2D eigenvalue weighted by molar-refractivity contribution is -0.128. The van der Waals surface area contributed by atoms with Crippen molar-refractivity contribution in [1.82, 2.24) is 10.9 Å². The first-order valence-corrected chi connectivity index (χ1v) is 7.60. The van der Waals surface area contributed by atoms with Gasteiger partial charge in [-0.25, -0.2) is 4.39 Å². The predicted molar refractivity (Wildman–Crippen MR) is 88.6 cm³/mol. The van der Waals surface area contributed by atoms with Crippen molar-refractivity contribution >= 4 is 35.0 Å². The van der Waals surface area contributed by atoms with Crippen LogP contribution < -0.4 is 15.6 Å². The third-order valence-corrected chi connectivity index (χ3v) is 3.72. The summed E-state index contributed by atoms with van der Waals surface area (Å²) in [6, 6.07) is 9.54. The fourth-order valence-electron chi connectivity index (χ4n) is 1.70.